The predicted octanol–water partition coefficient (Wildman–Crippen LogP) is 2.56. The Balaban J connectivity index is 2.02. The van der Waals surface area contributed by atoms with Gasteiger partial charge in [-0.15, -0.1) is 0 Å². The van der Waals surface area contributed by atoms with Crippen LogP contribution in [0.1, 0.15) is 44.6 Å². The fourth-order valence-electron chi connectivity index (χ4n) is 2.81. The predicted molar refractivity (Wildman–Crippen MR) is 82.9 cm³/mol. The molecule has 120 valence electrons. The number of amides is 1. The van der Waals surface area contributed by atoms with Gasteiger partial charge in [0.05, 0.1) is 7.11 Å². The van der Waals surface area contributed by atoms with Crippen molar-refractivity contribution in [2.24, 2.45) is 5.92 Å². The van der Waals surface area contributed by atoms with Crippen molar-refractivity contribution in [1.29, 1.82) is 0 Å². The molecule has 1 aromatic rings. The van der Waals surface area contributed by atoms with Gasteiger partial charge in [0.15, 0.2) is 0 Å². The van der Waals surface area contributed by atoms with Gasteiger partial charge in [0.2, 0.25) is 5.91 Å². The minimum atomic E-state index is -1.19. The molecular weight excluding hydrogens is 282 g/mol. The van der Waals surface area contributed by atoms with Crippen molar-refractivity contribution in [3.63, 3.8) is 0 Å². The number of carbonyl (C=O) groups is 2. The van der Waals surface area contributed by atoms with Gasteiger partial charge < -0.3 is 15.2 Å². The molecule has 0 spiro atoms. The number of benzene rings is 1. The number of carboxylic acids is 1. The van der Waals surface area contributed by atoms with E-state index in [9.17, 15) is 14.7 Å². The second-order valence-corrected chi connectivity index (χ2v) is 6.10. The molecule has 1 fully saturated rings. The van der Waals surface area contributed by atoms with E-state index in [4.69, 9.17) is 4.74 Å². The monoisotopic (exact) mass is 305 g/mol. The van der Waals surface area contributed by atoms with E-state index >= 15 is 0 Å². The van der Waals surface area contributed by atoms with Crippen molar-refractivity contribution < 1.29 is 19.4 Å². The molecule has 0 bridgehead atoms. The van der Waals surface area contributed by atoms with E-state index in [2.05, 4.69) is 5.32 Å². The molecule has 5 heteroatoms. The number of carbonyl (C=O) groups excluding carboxylic acids is 1. The van der Waals surface area contributed by atoms with Crippen molar-refractivity contribution in [3.8, 4) is 5.75 Å². The van der Waals surface area contributed by atoms with E-state index in [1.165, 1.54) is 0 Å². The first-order valence-electron chi connectivity index (χ1n) is 7.60. The van der Waals surface area contributed by atoms with Crippen LogP contribution in [-0.2, 0) is 9.59 Å². The summed E-state index contributed by atoms with van der Waals surface area (Å²) >= 11 is 0. The molecule has 5 nitrogen and oxygen atoms in total. The number of rotatable bonds is 7. The highest BCUT2D eigenvalue weighted by molar-refractivity contribution is 5.89. The topological polar surface area (TPSA) is 75.6 Å². The Morgan fingerprint density at radius 3 is 2.77 bits per heavy atom. The number of carboxylic acid groups (broad SMARTS) is 1. The third-order valence-electron chi connectivity index (χ3n) is 4.27. The summed E-state index contributed by atoms with van der Waals surface area (Å²) in [4.78, 5) is 23.7. The van der Waals surface area contributed by atoms with E-state index in [1.54, 1.807) is 14.0 Å². The van der Waals surface area contributed by atoms with Crippen LogP contribution in [0.15, 0.2) is 24.3 Å². The molecule has 0 radical (unpaired) electrons. The van der Waals surface area contributed by atoms with Crippen LogP contribution in [0.2, 0.25) is 0 Å². The summed E-state index contributed by atoms with van der Waals surface area (Å²) < 4.78 is 5.19. The molecule has 0 heterocycles. The zero-order valence-corrected chi connectivity index (χ0v) is 13.3. The second-order valence-electron chi connectivity index (χ2n) is 6.10. The summed E-state index contributed by atoms with van der Waals surface area (Å²) in [6.45, 7) is 3.48. The zero-order chi connectivity index (χ0) is 16.3. The number of ether oxygens (including phenoxy) is 1. The van der Waals surface area contributed by atoms with Gasteiger partial charge in [-0.25, -0.2) is 4.79 Å². The molecule has 3 atom stereocenters. The number of aliphatic carboxylic acids is 1. The SMILES string of the molecule is CCCC(C)(NC(=O)C1CC1c1cccc(OC)c1)C(=O)O. The molecule has 1 saturated carbocycles. The Morgan fingerprint density at radius 2 is 2.18 bits per heavy atom. The standard InChI is InChI=1S/C17H23NO4/c1-4-8-17(2,16(20)21)18-15(19)14-10-13(14)11-6-5-7-12(9-11)22-3/h5-7,9,13-14H,4,8,10H2,1-3H3,(H,18,19)(H,20,21). The third-order valence-corrected chi connectivity index (χ3v) is 4.27. The summed E-state index contributed by atoms with van der Waals surface area (Å²) in [5, 5.41) is 12.0. The van der Waals surface area contributed by atoms with E-state index in [0.29, 0.717) is 12.8 Å². The Hall–Kier alpha value is -2.04. The molecule has 0 aromatic heterocycles. The van der Waals surface area contributed by atoms with Crippen LogP contribution >= 0.6 is 0 Å². The van der Waals surface area contributed by atoms with Crippen molar-refractivity contribution in [2.75, 3.05) is 7.11 Å². The average molecular weight is 305 g/mol. The van der Waals surface area contributed by atoms with Gasteiger partial charge in [-0.1, -0.05) is 25.5 Å². The molecule has 1 aliphatic rings. The average Bonchev–Trinajstić information content (AvgIpc) is 3.28. The first-order valence-corrected chi connectivity index (χ1v) is 7.60. The highest BCUT2D eigenvalue weighted by Crippen LogP contribution is 2.48. The summed E-state index contributed by atoms with van der Waals surface area (Å²) in [6, 6.07) is 7.67. The molecule has 3 unspecified atom stereocenters. The summed E-state index contributed by atoms with van der Waals surface area (Å²) in [7, 11) is 1.61. The summed E-state index contributed by atoms with van der Waals surface area (Å²) in [5.41, 5.74) is -0.125. The van der Waals surface area contributed by atoms with Crippen LogP contribution in [0.4, 0.5) is 0 Å². The van der Waals surface area contributed by atoms with Gasteiger partial charge in [0.1, 0.15) is 11.3 Å². The Kier molecular flexibility index (Phi) is 4.74. The van der Waals surface area contributed by atoms with Gasteiger partial charge in [-0.3, -0.25) is 4.79 Å². The number of nitrogens with one attached hydrogen (secondary N) is 1. The van der Waals surface area contributed by atoms with Crippen LogP contribution in [0, 0.1) is 5.92 Å². The van der Waals surface area contributed by atoms with Gasteiger partial charge in [-0.05, 0) is 43.4 Å². The minimum absolute atomic E-state index is 0.148. The molecule has 1 amide bonds. The Bertz CT molecular complexity index is 572. The maximum atomic E-state index is 12.3. The van der Waals surface area contributed by atoms with E-state index in [0.717, 1.165) is 17.7 Å². The third kappa shape index (κ3) is 3.40. The molecule has 0 saturated heterocycles. The Morgan fingerprint density at radius 1 is 1.45 bits per heavy atom. The van der Waals surface area contributed by atoms with Gasteiger partial charge in [0.25, 0.3) is 0 Å². The number of hydrogen-bond acceptors (Lipinski definition) is 3. The normalized spacial score (nSPS) is 22.5. The van der Waals surface area contributed by atoms with E-state index in [-0.39, 0.29) is 17.7 Å². The maximum Gasteiger partial charge on any atom is 0.329 e. The summed E-state index contributed by atoms with van der Waals surface area (Å²) in [6.07, 6.45) is 1.87. The molecule has 2 N–H and O–H groups in total. The lowest BCUT2D eigenvalue weighted by Gasteiger charge is -2.25. The van der Waals surface area contributed by atoms with Crippen LogP contribution in [0.3, 0.4) is 0 Å². The summed E-state index contributed by atoms with van der Waals surface area (Å²) in [5.74, 6) is -0.394. The fraction of sp³-hybridized carbons (Fsp3) is 0.529. The van der Waals surface area contributed by atoms with Crippen molar-refractivity contribution in [2.45, 2.75) is 44.6 Å². The first-order chi connectivity index (χ1) is 10.4. The lowest BCUT2D eigenvalue weighted by molar-refractivity contribution is -0.147. The molecular formula is C17H23NO4. The van der Waals surface area contributed by atoms with Crippen LogP contribution in [-0.4, -0.2) is 29.6 Å². The minimum Gasteiger partial charge on any atom is -0.497 e. The number of hydrogen-bond donors (Lipinski definition) is 2. The molecule has 2 rings (SSSR count). The lowest BCUT2D eigenvalue weighted by atomic mass is 9.96. The van der Waals surface area contributed by atoms with Gasteiger partial charge >= 0.3 is 5.97 Å². The quantitative estimate of drug-likeness (QED) is 0.812. The van der Waals surface area contributed by atoms with Crippen LogP contribution in [0.5, 0.6) is 5.75 Å². The maximum absolute atomic E-state index is 12.3. The van der Waals surface area contributed by atoms with Crippen molar-refractivity contribution in [3.05, 3.63) is 29.8 Å². The van der Waals surface area contributed by atoms with Gasteiger partial charge in [-0.2, -0.15) is 0 Å². The molecule has 22 heavy (non-hydrogen) atoms. The molecule has 0 aliphatic heterocycles. The van der Waals surface area contributed by atoms with Crippen LogP contribution in [0.25, 0.3) is 0 Å². The highest BCUT2D eigenvalue weighted by Gasteiger charge is 2.46. The fourth-order valence-corrected chi connectivity index (χ4v) is 2.81. The van der Waals surface area contributed by atoms with E-state index < -0.39 is 11.5 Å². The second kappa shape index (κ2) is 6.38. The van der Waals surface area contributed by atoms with Crippen molar-refractivity contribution >= 4 is 11.9 Å². The first kappa shape index (κ1) is 16.3. The highest BCUT2D eigenvalue weighted by atomic mass is 16.5. The smallest absolute Gasteiger partial charge is 0.329 e. The zero-order valence-electron chi connectivity index (χ0n) is 13.3. The van der Waals surface area contributed by atoms with Crippen LogP contribution < -0.4 is 10.1 Å². The van der Waals surface area contributed by atoms with Gasteiger partial charge in [0, 0.05) is 5.92 Å². The Labute approximate surface area is 130 Å². The molecule has 1 aliphatic carbocycles. The number of methoxy groups -OCH3 is 1. The van der Waals surface area contributed by atoms with E-state index in [1.807, 2.05) is 31.2 Å². The lowest BCUT2D eigenvalue weighted by Crippen LogP contribution is -2.52. The molecule has 1 aromatic carbocycles. The largest absolute Gasteiger partial charge is 0.497 e. The van der Waals surface area contributed by atoms with Crippen molar-refractivity contribution in [1.82, 2.24) is 5.32 Å².